The van der Waals surface area contributed by atoms with E-state index in [2.05, 4.69) is 98.9 Å². The number of phosphoric ester groups is 1. The van der Waals surface area contributed by atoms with E-state index in [0.717, 1.165) is 77.0 Å². The Morgan fingerprint density at radius 2 is 0.633 bits per heavy atom. The molecule has 0 bridgehead atoms. The Morgan fingerprint density at radius 1 is 0.356 bits per heavy atom. The lowest BCUT2D eigenvalue weighted by molar-refractivity contribution is -0.870. The van der Waals surface area contributed by atoms with E-state index in [4.69, 9.17) is 18.5 Å². The average Bonchev–Trinajstić information content (AvgIpc) is 3.61. The summed E-state index contributed by atoms with van der Waals surface area (Å²) >= 11 is 0. The summed E-state index contributed by atoms with van der Waals surface area (Å²) in [6.07, 6.45) is 96.9. The maximum absolute atomic E-state index is 12.9. The van der Waals surface area contributed by atoms with Crippen molar-refractivity contribution < 1.29 is 42.1 Å². The third-order valence-corrected chi connectivity index (χ3v) is 17.9. The summed E-state index contributed by atoms with van der Waals surface area (Å²) in [7, 11) is 1.18. The van der Waals surface area contributed by atoms with Crippen LogP contribution in [0.25, 0.3) is 0 Å². The standard InChI is InChI=1S/C80H146NO8P/c1-6-8-10-12-14-16-18-20-22-24-26-28-30-32-34-36-38-39-40-41-43-45-47-49-51-53-55-57-59-61-63-65-67-69-71-73-80(83)89-78(77-88-90(84,85)87-75-74-81(3,4)5)76-86-79(82)72-70-68-66-64-62-60-58-56-54-52-50-48-46-44-42-37-35-33-31-29-27-25-23-21-19-17-15-13-11-9-7-2/h8,10,14,16,19-22,25-28,32,34,78H,6-7,9,11-13,15,17-18,23-24,29-31,33,35-77H2,1-5H3/b10-8-,16-14-,21-19-,22-20-,27-25-,28-26-,34-32-. The van der Waals surface area contributed by atoms with Gasteiger partial charge in [0.25, 0.3) is 7.82 Å². The van der Waals surface area contributed by atoms with Crippen molar-refractivity contribution in [1.29, 1.82) is 0 Å². The second-order valence-electron chi connectivity index (χ2n) is 27.0. The molecule has 0 aliphatic heterocycles. The minimum Gasteiger partial charge on any atom is -0.756 e. The molecule has 0 fully saturated rings. The van der Waals surface area contributed by atoms with Crippen LogP contribution in [0.3, 0.4) is 0 Å². The number of hydrogen-bond donors (Lipinski definition) is 0. The normalized spacial score (nSPS) is 13.5. The van der Waals surface area contributed by atoms with Gasteiger partial charge in [-0.15, -0.1) is 0 Å². The number of unbranched alkanes of at least 4 members (excludes halogenated alkanes) is 43. The van der Waals surface area contributed by atoms with Crippen molar-refractivity contribution in [3.63, 3.8) is 0 Å². The van der Waals surface area contributed by atoms with Gasteiger partial charge in [-0.3, -0.25) is 14.2 Å². The minimum absolute atomic E-state index is 0.0304. The number of carbonyl (C=O) groups is 2. The van der Waals surface area contributed by atoms with Crippen LogP contribution in [0.15, 0.2) is 85.1 Å². The molecular weight excluding hydrogens is 1130 g/mol. The third-order valence-electron chi connectivity index (χ3n) is 16.9. The Labute approximate surface area is 558 Å². The first kappa shape index (κ1) is 87.2. The van der Waals surface area contributed by atoms with E-state index >= 15 is 0 Å². The van der Waals surface area contributed by atoms with Gasteiger partial charge in [-0.1, -0.05) is 343 Å². The predicted molar refractivity (Wildman–Crippen MR) is 388 cm³/mol. The molecule has 0 aliphatic rings. The smallest absolute Gasteiger partial charge is 0.306 e. The molecule has 0 rings (SSSR count). The van der Waals surface area contributed by atoms with E-state index in [1.54, 1.807) is 0 Å². The Kier molecular flexibility index (Phi) is 68.3. The average molecular weight is 1280 g/mol. The fraction of sp³-hybridized carbons (Fsp3) is 0.800. The highest BCUT2D eigenvalue weighted by atomic mass is 31.2. The van der Waals surface area contributed by atoms with Gasteiger partial charge in [0.15, 0.2) is 6.10 Å². The second kappa shape index (κ2) is 70.5. The van der Waals surface area contributed by atoms with Crippen LogP contribution in [0.5, 0.6) is 0 Å². The largest absolute Gasteiger partial charge is 0.756 e. The molecule has 90 heavy (non-hydrogen) atoms. The predicted octanol–water partition coefficient (Wildman–Crippen LogP) is 24.6. The van der Waals surface area contributed by atoms with Gasteiger partial charge in [0.2, 0.25) is 0 Å². The number of hydrogen-bond acceptors (Lipinski definition) is 8. The molecule has 0 aliphatic carbocycles. The Balaban J connectivity index is 3.96. The number of rotatable bonds is 71. The number of carbonyl (C=O) groups excluding carboxylic acids is 2. The van der Waals surface area contributed by atoms with Crippen LogP contribution in [0.2, 0.25) is 0 Å². The van der Waals surface area contributed by atoms with E-state index in [-0.39, 0.29) is 32.0 Å². The number of likely N-dealkylation sites (N-methyl/N-ethyl adjacent to an activating group) is 1. The lowest BCUT2D eigenvalue weighted by atomic mass is 10.0. The minimum atomic E-state index is -4.65. The highest BCUT2D eigenvalue weighted by Gasteiger charge is 2.22. The number of allylic oxidation sites excluding steroid dienone is 14. The summed E-state index contributed by atoms with van der Waals surface area (Å²) in [6, 6.07) is 0. The van der Waals surface area contributed by atoms with Gasteiger partial charge in [0.05, 0.1) is 27.7 Å². The highest BCUT2D eigenvalue weighted by molar-refractivity contribution is 7.45. The Bertz CT molecular complexity index is 1800. The molecule has 0 spiro atoms. The molecule has 2 unspecified atom stereocenters. The van der Waals surface area contributed by atoms with Gasteiger partial charge >= 0.3 is 11.9 Å². The van der Waals surface area contributed by atoms with Crippen LogP contribution in [0.4, 0.5) is 0 Å². The fourth-order valence-corrected chi connectivity index (χ4v) is 11.8. The van der Waals surface area contributed by atoms with E-state index in [1.807, 2.05) is 21.1 Å². The summed E-state index contributed by atoms with van der Waals surface area (Å²) in [5.41, 5.74) is 0. The van der Waals surface area contributed by atoms with Crippen molar-refractivity contribution in [3.05, 3.63) is 85.1 Å². The first-order valence-corrected chi connectivity index (χ1v) is 39.8. The maximum atomic E-state index is 12.9. The third kappa shape index (κ3) is 74.2. The SMILES string of the molecule is CC/C=C\C/C=C\C/C=C\C/C=C\C/C=C\CCCCCCCCCCCCCCCCCCCCCC(=O)OC(COC(=O)CCCCCCCCCCCCCCCCCCCCC/C=C\C/C=C\CCCCCCC)COP(=O)([O-])OCC[N+](C)(C)C. The number of quaternary nitrogens is 1. The van der Waals surface area contributed by atoms with Crippen LogP contribution in [0.1, 0.15) is 361 Å². The van der Waals surface area contributed by atoms with Gasteiger partial charge in [-0.2, -0.15) is 0 Å². The molecule has 0 saturated carbocycles. The summed E-state index contributed by atoms with van der Waals surface area (Å²) in [4.78, 5) is 38.2. The van der Waals surface area contributed by atoms with Crippen molar-refractivity contribution in [2.45, 2.75) is 367 Å². The molecule has 0 saturated heterocycles. The molecular formula is C80H146NO8P. The molecule has 0 amide bonds. The van der Waals surface area contributed by atoms with Crippen LogP contribution < -0.4 is 4.89 Å². The Morgan fingerprint density at radius 3 is 0.944 bits per heavy atom. The zero-order chi connectivity index (χ0) is 65.5. The van der Waals surface area contributed by atoms with E-state index < -0.39 is 26.5 Å². The first-order chi connectivity index (χ1) is 44.0. The maximum Gasteiger partial charge on any atom is 0.306 e. The van der Waals surface area contributed by atoms with Crippen molar-refractivity contribution >= 4 is 19.8 Å². The van der Waals surface area contributed by atoms with Gasteiger partial charge in [0, 0.05) is 12.8 Å². The molecule has 10 heteroatoms. The lowest BCUT2D eigenvalue weighted by Gasteiger charge is -2.28. The summed E-state index contributed by atoms with van der Waals surface area (Å²) in [6.45, 7) is 4.17. The molecule has 524 valence electrons. The second-order valence-corrected chi connectivity index (χ2v) is 28.4. The topological polar surface area (TPSA) is 111 Å². The Hall–Kier alpha value is -2.81. The van der Waals surface area contributed by atoms with Crippen LogP contribution in [0, 0.1) is 0 Å². The number of phosphoric acid groups is 1. The molecule has 0 aromatic heterocycles. The van der Waals surface area contributed by atoms with Gasteiger partial charge in [-0.05, 0) is 89.9 Å². The monoisotopic (exact) mass is 1280 g/mol. The van der Waals surface area contributed by atoms with Crippen LogP contribution in [-0.4, -0.2) is 70.0 Å². The van der Waals surface area contributed by atoms with Crippen molar-refractivity contribution in [2.75, 3.05) is 47.5 Å². The molecule has 0 N–H and O–H groups in total. The molecule has 0 heterocycles. The highest BCUT2D eigenvalue weighted by Crippen LogP contribution is 2.38. The van der Waals surface area contributed by atoms with Crippen molar-refractivity contribution in [2.24, 2.45) is 0 Å². The lowest BCUT2D eigenvalue weighted by Crippen LogP contribution is -2.37. The number of esters is 2. The molecule has 2 atom stereocenters. The first-order valence-electron chi connectivity index (χ1n) is 38.3. The quantitative estimate of drug-likeness (QED) is 0.0195. The van der Waals surface area contributed by atoms with E-state index in [0.29, 0.717) is 17.4 Å². The van der Waals surface area contributed by atoms with Crippen LogP contribution >= 0.6 is 7.82 Å². The molecule has 0 radical (unpaired) electrons. The number of nitrogens with zero attached hydrogens (tertiary/aromatic N) is 1. The van der Waals surface area contributed by atoms with Crippen LogP contribution in [-0.2, 0) is 32.7 Å². The van der Waals surface area contributed by atoms with E-state index in [1.165, 1.54) is 250 Å². The van der Waals surface area contributed by atoms with E-state index in [9.17, 15) is 19.0 Å². The van der Waals surface area contributed by atoms with Gasteiger partial charge < -0.3 is 27.9 Å². The molecule has 0 aromatic rings. The zero-order valence-corrected chi connectivity index (χ0v) is 60.7. The summed E-state index contributed by atoms with van der Waals surface area (Å²) in [5.74, 6) is -0.816. The van der Waals surface area contributed by atoms with Crippen molar-refractivity contribution in [1.82, 2.24) is 0 Å². The molecule has 9 nitrogen and oxygen atoms in total. The molecule has 0 aromatic carbocycles. The van der Waals surface area contributed by atoms with Crippen molar-refractivity contribution in [3.8, 4) is 0 Å². The summed E-state index contributed by atoms with van der Waals surface area (Å²) < 4.78 is 34.4. The fourth-order valence-electron chi connectivity index (χ4n) is 11.1. The zero-order valence-electron chi connectivity index (χ0n) is 59.8. The van der Waals surface area contributed by atoms with Gasteiger partial charge in [0.1, 0.15) is 19.8 Å². The van der Waals surface area contributed by atoms with Gasteiger partial charge in [-0.25, -0.2) is 0 Å². The summed E-state index contributed by atoms with van der Waals surface area (Å²) in [5, 5.41) is 0. The number of ether oxygens (including phenoxy) is 2.